The first-order valence-corrected chi connectivity index (χ1v) is 6.76. The Morgan fingerprint density at radius 2 is 2.00 bits per heavy atom. The summed E-state index contributed by atoms with van der Waals surface area (Å²) in [6.07, 6.45) is 3.28. The van der Waals surface area contributed by atoms with Crippen LogP contribution in [0.1, 0.15) is 17.5 Å². The molecule has 96 valence electrons. The van der Waals surface area contributed by atoms with E-state index in [-0.39, 0.29) is 5.92 Å². The molecule has 1 saturated heterocycles. The Morgan fingerprint density at radius 3 is 2.78 bits per heavy atom. The third-order valence-electron chi connectivity index (χ3n) is 4.57. The second-order valence-corrected chi connectivity index (χ2v) is 5.54. The van der Waals surface area contributed by atoms with Gasteiger partial charge in [-0.1, -0.05) is 24.3 Å². The first-order chi connectivity index (χ1) is 8.75. The number of aryl methyl sites for hydroxylation is 1. The van der Waals surface area contributed by atoms with E-state index in [9.17, 15) is 9.90 Å². The lowest BCUT2D eigenvalue weighted by molar-refractivity contribution is -0.143. The molecular weight excluding hydrogens is 226 g/mol. The molecule has 18 heavy (non-hydrogen) atoms. The van der Waals surface area contributed by atoms with Crippen LogP contribution in [0.3, 0.4) is 0 Å². The van der Waals surface area contributed by atoms with Crippen molar-refractivity contribution < 1.29 is 9.90 Å². The minimum atomic E-state index is -0.635. The highest BCUT2D eigenvalue weighted by Gasteiger charge is 2.38. The van der Waals surface area contributed by atoms with E-state index in [2.05, 4.69) is 29.6 Å². The zero-order chi connectivity index (χ0) is 12.5. The van der Waals surface area contributed by atoms with Crippen LogP contribution in [0.25, 0.3) is 0 Å². The Morgan fingerprint density at radius 1 is 1.22 bits per heavy atom. The maximum atomic E-state index is 11.3. The zero-order valence-corrected chi connectivity index (χ0v) is 10.4. The highest BCUT2D eigenvalue weighted by molar-refractivity contribution is 5.71. The summed E-state index contributed by atoms with van der Waals surface area (Å²) < 4.78 is 0. The zero-order valence-electron chi connectivity index (χ0n) is 10.4. The summed E-state index contributed by atoms with van der Waals surface area (Å²) in [5.41, 5.74) is 2.87. The lowest BCUT2D eigenvalue weighted by Crippen LogP contribution is -2.31. The average molecular weight is 245 g/mol. The average Bonchev–Trinajstić information content (AvgIpc) is 2.87. The molecule has 1 aromatic carbocycles. The molecule has 2 aliphatic rings. The molecule has 1 aromatic rings. The minimum Gasteiger partial charge on any atom is -0.481 e. The quantitative estimate of drug-likeness (QED) is 0.834. The van der Waals surface area contributed by atoms with Gasteiger partial charge in [-0.2, -0.15) is 0 Å². The second-order valence-electron chi connectivity index (χ2n) is 5.54. The van der Waals surface area contributed by atoms with Crippen LogP contribution in [0.15, 0.2) is 24.3 Å². The lowest BCUT2D eigenvalue weighted by atomic mass is 9.73. The van der Waals surface area contributed by atoms with Crippen molar-refractivity contribution in [3.63, 3.8) is 0 Å². The molecule has 3 nitrogen and oxygen atoms in total. The third kappa shape index (κ3) is 2.03. The Balaban J connectivity index is 1.77. The van der Waals surface area contributed by atoms with Crippen molar-refractivity contribution in [2.75, 3.05) is 13.1 Å². The van der Waals surface area contributed by atoms with Gasteiger partial charge in [-0.05, 0) is 48.8 Å². The topological polar surface area (TPSA) is 49.3 Å². The maximum absolute atomic E-state index is 11.3. The van der Waals surface area contributed by atoms with Crippen molar-refractivity contribution >= 4 is 5.97 Å². The molecule has 0 bridgehead atoms. The van der Waals surface area contributed by atoms with Gasteiger partial charge < -0.3 is 10.4 Å². The first-order valence-electron chi connectivity index (χ1n) is 6.76. The van der Waals surface area contributed by atoms with Crippen LogP contribution in [-0.4, -0.2) is 24.2 Å². The predicted molar refractivity (Wildman–Crippen MR) is 69.4 cm³/mol. The second kappa shape index (κ2) is 4.73. The van der Waals surface area contributed by atoms with Gasteiger partial charge in [0.15, 0.2) is 0 Å². The monoisotopic (exact) mass is 245 g/mol. The van der Waals surface area contributed by atoms with Crippen LogP contribution in [0.4, 0.5) is 0 Å². The number of hydrogen-bond acceptors (Lipinski definition) is 2. The third-order valence-corrected chi connectivity index (χ3v) is 4.57. The van der Waals surface area contributed by atoms with Gasteiger partial charge >= 0.3 is 5.97 Å². The molecule has 0 saturated carbocycles. The molecule has 3 heteroatoms. The standard InChI is InChI=1S/C15H19NO2/c17-15(18)14-9-16-8-13(14)12-6-5-10-3-1-2-4-11(10)7-12/h1-4,12-14,16H,5-9H2,(H,17,18). The Bertz CT molecular complexity index is 458. The first kappa shape index (κ1) is 11.7. The number of benzene rings is 1. The van der Waals surface area contributed by atoms with E-state index in [1.807, 2.05) is 0 Å². The number of rotatable bonds is 2. The summed E-state index contributed by atoms with van der Waals surface area (Å²) in [6, 6.07) is 8.58. The van der Waals surface area contributed by atoms with Crippen LogP contribution in [-0.2, 0) is 17.6 Å². The van der Waals surface area contributed by atoms with Gasteiger partial charge in [0.25, 0.3) is 0 Å². The molecule has 1 aliphatic carbocycles. The number of hydrogen-bond donors (Lipinski definition) is 2. The van der Waals surface area contributed by atoms with E-state index < -0.39 is 5.97 Å². The Labute approximate surface area is 107 Å². The number of carbonyl (C=O) groups is 1. The smallest absolute Gasteiger partial charge is 0.308 e. The van der Waals surface area contributed by atoms with Crippen molar-refractivity contribution in [1.29, 1.82) is 0 Å². The highest BCUT2D eigenvalue weighted by Crippen LogP contribution is 2.35. The molecule has 3 rings (SSSR count). The summed E-state index contributed by atoms with van der Waals surface area (Å²) in [4.78, 5) is 11.3. The van der Waals surface area contributed by atoms with Crippen LogP contribution < -0.4 is 5.32 Å². The largest absolute Gasteiger partial charge is 0.481 e. The summed E-state index contributed by atoms with van der Waals surface area (Å²) in [5, 5.41) is 12.5. The minimum absolute atomic E-state index is 0.194. The molecule has 0 radical (unpaired) electrons. The maximum Gasteiger partial charge on any atom is 0.308 e. The molecule has 0 amide bonds. The fourth-order valence-electron chi connectivity index (χ4n) is 3.56. The van der Waals surface area contributed by atoms with E-state index in [4.69, 9.17) is 0 Å². The van der Waals surface area contributed by atoms with E-state index in [1.54, 1.807) is 0 Å². The van der Waals surface area contributed by atoms with Crippen molar-refractivity contribution in [3.05, 3.63) is 35.4 Å². The molecule has 1 heterocycles. The normalized spacial score (nSPS) is 31.0. The van der Waals surface area contributed by atoms with Crippen molar-refractivity contribution in [2.45, 2.75) is 19.3 Å². The van der Waals surface area contributed by atoms with Crippen LogP contribution >= 0.6 is 0 Å². The van der Waals surface area contributed by atoms with Crippen LogP contribution in [0.2, 0.25) is 0 Å². The summed E-state index contributed by atoms with van der Waals surface area (Å²) in [7, 11) is 0. The van der Waals surface area contributed by atoms with E-state index in [0.717, 1.165) is 25.8 Å². The summed E-state index contributed by atoms with van der Waals surface area (Å²) in [5.74, 6) is -0.00373. The van der Waals surface area contributed by atoms with Crippen LogP contribution in [0.5, 0.6) is 0 Å². The van der Waals surface area contributed by atoms with Gasteiger partial charge in [-0.15, -0.1) is 0 Å². The molecule has 2 N–H and O–H groups in total. The summed E-state index contributed by atoms with van der Waals surface area (Å²) in [6.45, 7) is 1.50. The molecule has 0 aromatic heterocycles. The molecule has 3 unspecified atom stereocenters. The van der Waals surface area contributed by atoms with Crippen molar-refractivity contribution in [3.8, 4) is 0 Å². The number of fused-ring (bicyclic) bond motifs is 1. The van der Waals surface area contributed by atoms with Gasteiger partial charge in [0.2, 0.25) is 0 Å². The summed E-state index contributed by atoms with van der Waals surface area (Å²) >= 11 is 0. The fraction of sp³-hybridized carbons (Fsp3) is 0.533. The Kier molecular flexibility index (Phi) is 3.08. The van der Waals surface area contributed by atoms with E-state index >= 15 is 0 Å². The van der Waals surface area contributed by atoms with Gasteiger partial charge in [-0.3, -0.25) is 4.79 Å². The Hall–Kier alpha value is -1.35. The molecule has 0 spiro atoms. The lowest BCUT2D eigenvalue weighted by Gasteiger charge is -2.30. The van der Waals surface area contributed by atoms with E-state index in [1.165, 1.54) is 11.1 Å². The number of carboxylic acid groups (broad SMARTS) is 1. The van der Waals surface area contributed by atoms with Gasteiger partial charge in [-0.25, -0.2) is 0 Å². The van der Waals surface area contributed by atoms with Gasteiger partial charge in [0, 0.05) is 6.54 Å². The SMILES string of the molecule is O=C(O)C1CNCC1C1CCc2ccccc2C1. The predicted octanol–water partition coefficient (Wildman–Crippen LogP) is 1.71. The molecule has 1 fully saturated rings. The van der Waals surface area contributed by atoms with Crippen molar-refractivity contribution in [2.24, 2.45) is 17.8 Å². The van der Waals surface area contributed by atoms with Gasteiger partial charge in [0.1, 0.15) is 0 Å². The van der Waals surface area contributed by atoms with Crippen molar-refractivity contribution in [1.82, 2.24) is 5.32 Å². The number of carboxylic acids is 1. The van der Waals surface area contributed by atoms with Gasteiger partial charge in [0.05, 0.1) is 5.92 Å². The number of aliphatic carboxylic acids is 1. The number of nitrogens with one attached hydrogen (secondary N) is 1. The van der Waals surface area contributed by atoms with E-state index in [0.29, 0.717) is 18.4 Å². The fourth-order valence-corrected chi connectivity index (χ4v) is 3.56. The molecular formula is C15H19NO2. The molecule has 1 aliphatic heterocycles. The van der Waals surface area contributed by atoms with Crippen LogP contribution in [0, 0.1) is 17.8 Å². The molecule has 3 atom stereocenters. The highest BCUT2D eigenvalue weighted by atomic mass is 16.4.